The van der Waals surface area contributed by atoms with E-state index in [1.807, 2.05) is 6.92 Å². The molecule has 0 aliphatic heterocycles. The standard InChI is InChI=1S/C8H11N2O3/c1-2-5-13-8-6-10(12)4-3-7(8)9-11/h3-4,6,12H,2,5H2,1H3/q+1. The highest BCUT2D eigenvalue weighted by atomic mass is 16.5. The molecule has 13 heavy (non-hydrogen) atoms. The first-order valence-corrected chi connectivity index (χ1v) is 3.98. The van der Waals surface area contributed by atoms with Crippen molar-refractivity contribution >= 4 is 5.69 Å². The number of hydrogen-bond donors (Lipinski definition) is 1. The second-order valence-electron chi connectivity index (χ2n) is 2.51. The van der Waals surface area contributed by atoms with Gasteiger partial charge in [-0.15, -0.1) is 4.91 Å². The van der Waals surface area contributed by atoms with Gasteiger partial charge in [0.05, 0.1) is 6.61 Å². The van der Waals surface area contributed by atoms with Crippen LogP contribution < -0.4 is 9.47 Å². The molecule has 5 heteroatoms. The van der Waals surface area contributed by atoms with E-state index in [4.69, 9.17) is 9.94 Å². The first-order chi connectivity index (χ1) is 6.27. The number of hydrogen-bond acceptors (Lipinski definition) is 4. The van der Waals surface area contributed by atoms with Crippen LogP contribution in [-0.2, 0) is 0 Å². The summed E-state index contributed by atoms with van der Waals surface area (Å²) in [5.74, 6) is 0.293. The molecule has 1 aromatic heterocycles. The minimum atomic E-state index is 0.193. The normalized spacial score (nSPS) is 9.62. The lowest BCUT2D eigenvalue weighted by molar-refractivity contribution is -0.904. The van der Waals surface area contributed by atoms with Gasteiger partial charge in [0, 0.05) is 10.8 Å². The van der Waals surface area contributed by atoms with Crippen molar-refractivity contribution in [2.45, 2.75) is 13.3 Å². The van der Waals surface area contributed by atoms with Crippen molar-refractivity contribution < 1.29 is 14.7 Å². The van der Waals surface area contributed by atoms with Crippen LogP contribution >= 0.6 is 0 Å². The van der Waals surface area contributed by atoms with Crippen LogP contribution in [0.4, 0.5) is 5.69 Å². The lowest BCUT2D eigenvalue weighted by Gasteiger charge is -2.01. The summed E-state index contributed by atoms with van der Waals surface area (Å²) < 4.78 is 6.00. The first kappa shape index (κ1) is 9.44. The summed E-state index contributed by atoms with van der Waals surface area (Å²) in [4.78, 5) is 10.3. The van der Waals surface area contributed by atoms with Gasteiger partial charge in [-0.2, -0.15) is 0 Å². The molecule has 0 saturated carbocycles. The Hall–Kier alpha value is -1.65. The molecule has 0 saturated heterocycles. The summed E-state index contributed by atoms with van der Waals surface area (Å²) in [5, 5.41) is 11.8. The zero-order valence-corrected chi connectivity index (χ0v) is 7.30. The third kappa shape index (κ3) is 2.40. The summed E-state index contributed by atoms with van der Waals surface area (Å²) in [7, 11) is 0. The molecule has 1 heterocycles. The van der Waals surface area contributed by atoms with Gasteiger partial charge >= 0.3 is 0 Å². The number of rotatable bonds is 4. The van der Waals surface area contributed by atoms with Gasteiger partial charge in [-0.1, -0.05) is 6.92 Å². The number of ether oxygens (including phenoxy) is 1. The topological polar surface area (TPSA) is 62.8 Å². The van der Waals surface area contributed by atoms with Crippen molar-refractivity contribution in [2.75, 3.05) is 6.61 Å². The number of nitrogens with zero attached hydrogens (tertiary/aromatic N) is 2. The summed E-state index contributed by atoms with van der Waals surface area (Å²) in [6.45, 7) is 2.44. The molecule has 0 unspecified atom stereocenters. The molecule has 0 bridgehead atoms. The Morgan fingerprint density at radius 2 is 2.46 bits per heavy atom. The van der Waals surface area contributed by atoms with Crippen LogP contribution in [0.2, 0.25) is 0 Å². The van der Waals surface area contributed by atoms with Crippen LogP contribution in [0.1, 0.15) is 13.3 Å². The fourth-order valence-electron chi connectivity index (χ4n) is 0.857. The fraction of sp³-hybridized carbons (Fsp3) is 0.375. The first-order valence-electron chi connectivity index (χ1n) is 3.98. The van der Waals surface area contributed by atoms with Crippen LogP contribution in [0, 0.1) is 4.91 Å². The van der Waals surface area contributed by atoms with Crippen molar-refractivity contribution in [3.05, 3.63) is 23.4 Å². The van der Waals surface area contributed by atoms with Crippen molar-refractivity contribution in [1.82, 2.24) is 0 Å². The van der Waals surface area contributed by atoms with Crippen molar-refractivity contribution in [2.24, 2.45) is 5.18 Å². The average Bonchev–Trinajstić information content (AvgIpc) is 2.15. The molecule has 0 aromatic carbocycles. The van der Waals surface area contributed by atoms with Gasteiger partial charge in [-0.3, -0.25) is 5.21 Å². The van der Waals surface area contributed by atoms with Crippen LogP contribution in [0.3, 0.4) is 0 Å². The summed E-state index contributed by atoms with van der Waals surface area (Å²) in [5.41, 5.74) is 0.193. The van der Waals surface area contributed by atoms with E-state index in [1.54, 1.807) is 0 Å². The zero-order valence-electron chi connectivity index (χ0n) is 7.30. The number of nitroso groups, excluding NO2 is 1. The Kier molecular flexibility index (Phi) is 3.19. The van der Waals surface area contributed by atoms with Crippen molar-refractivity contribution in [1.29, 1.82) is 0 Å². The number of aromatic nitrogens is 1. The Labute approximate surface area is 75.5 Å². The van der Waals surface area contributed by atoms with Gasteiger partial charge in [-0.25, -0.2) is 0 Å². The quantitative estimate of drug-likeness (QED) is 0.436. The van der Waals surface area contributed by atoms with Gasteiger partial charge in [-0.05, 0) is 11.6 Å². The predicted molar refractivity (Wildman–Crippen MR) is 45.1 cm³/mol. The Morgan fingerprint density at radius 1 is 1.69 bits per heavy atom. The number of pyridine rings is 1. The van der Waals surface area contributed by atoms with Gasteiger partial charge in [0.1, 0.15) is 0 Å². The molecule has 0 fully saturated rings. The zero-order chi connectivity index (χ0) is 9.68. The molecule has 1 rings (SSSR count). The fourth-order valence-corrected chi connectivity index (χ4v) is 0.857. The molecule has 0 atom stereocenters. The lowest BCUT2D eigenvalue weighted by Crippen LogP contribution is -2.28. The highest BCUT2D eigenvalue weighted by molar-refractivity contribution is 5.47. The van der Waals surface area contributed by atoms with E-state index in [0.29, 0.717) is 12.4 Å². The third-order valence-electron chi connectivity index (χ3n) is 1.45. The highest BCUT2D eigenvalue weighted by Crippen LogP contribution is 2.24. The summed E-state index contributed by atoms with van der Waals surface area (Å²) in [6, 6.07) is 1.39. The molecule has 5 nitrogen and oxygen atoms in total. The minimum Gasteiger partial charge on any atom is -0.486 e. The molecule has 0 spiro atoms. The maximum Gasteiger partial charge on any atom is 0.266 e. The Morgan fingerprint density at radius 3 is 3.08 bits per heavy atom. The summed E-state index contributed by atoms with van der Waals surface area (Å²) >= 11 is 0. The maximum absolute atomic E-state index is 10.3. The largest absolute Gasteiger partial charge is 0.486 e. The summed E-state index contributed by atoms with van der Waals surface area (Å²) in [6.07, 6.45) is 3.44. The lowest BCUT2D eigenvalue weighted by atomic mass is 10.4. The Bertz CT molecular complexity index is 301. The van der Waals surface area contributed by atoms with E-state index in [2.05, 4.69) is 5.18 Å². The van der Waals surface area contributed by atoms with Crippen LogP contribution in [0.15, 0.2) is 23.6 Å². The average molecular weight is 183 g/mol. The van der Waals surface area contributed by atoms with Crippen LogP contribution in [0.25, 0.3) is 0 Å². The van der Waals surface area contributed by atoms with Gasteiger partial charge in [0.2, 0.25) is 11.9 Å². The van der Waals surface area contributed by atoms with Crippen LogP contribution in [0.5, 0.6) is 5.75 Å². The highest BCUT2D eigenvalue weighted by Gasteiger charge is 2.10. The SMILES string of the molecule is CCCOc1c[n+](O)ccc1N=O. The van der Waals surface area contributed by atoms with E-state index in [1.165, 1.54) is 18.5 Å². The third-order valence-corrected chi connectivity index (χ3v) is 1.45. The molecule has 0 radical (unpaired) electrons. The van der Waals surface area contributed by atoms with Crippen molar-refractivity contribution in [3.63, 3.8) is 0 Å². The second-order valence-corrected chi connectivity index (χ2v) is 2.51. The molecular formula is C8H11N2O3+. The monoisotopic (exact) mass is 183 g/mol. The molecule has 0 aliphatic rings. The predicted octanol–water partition coefficient (Wildman–Crippen LogP) is 1.40. The van der Waals surface area contributed by atoms with Gasteiger partial charge in [0.25, 0.3) is 6.20 Å². The van der Waals surface area contributed by atoms with E-state index in [-0.39, 0.29) is 5.69 Å². The van der Waals surface area contributed by atoms with Crippen LogP contribution in [-0.4, -0.2) is 11.8 Å². The molecule has 0 amide bonds. The molecule has 70 valence electrons. The molecule has 0 aliphatic carbocycles. The minimum absolute atomic E-state index is 0.193. The van der Waals surface area contributed by atoms with E-state index in [9.17, 15) is 4.91 Å². The van der Waals surface area contributed by atoms with Gasteiger partial charge in [0.15, 0.2) is 5.69 Å². The Balaban J connectivity index is 2.87. The van der Waals surface area contributed by atoms with E-state index >= 15 is 0 Å². The maximum atomic E-state index is 10.3. The molecular weight excluding hydrogens is 172 g/mol. The molecule has 1 N–H and O–H groups in total. The van der Waals surface area contributed by atoms with E-state index < -0.39 is 0 Å². The molecule has 1 aromatic rings. The van der Waals surface area contributed by atoms with Gasteiger partial charge < -0.3 is 4.74 Å². The van der Waals surface area contributed by atoms with E-state index in [0.717, 1.165) is 11.2 Å². The van der Waals surface area contributed by atoms with Crippen molar-refractivity contribution in [3.8, 4) is 5.75 Å². The smallest absolute Gasteiger partial charge is 0.266 e. The second kappa shape index (κ2) is 4.39.